The second kappa shape index (κ2) is 3.59. The highest BCUT2D eigenvalue weighted by Gasteiger charge is 2.38. The lowest BCUT2D eigenvalue weighted by Gasteiger charge is -2.40. The molecule has 4 nitrogen and oxygen atoms in total. The fraction of sp³-hybridized carbons (Fsp3) is 0.800. The zero-order valence-corrected chi connectivity index (χ0v) is 8.91. The van der Waals surface area contributed by atoms with Crippen molar-refractivity contribution in [2.24, 2.45) is 5.92 Å². The standard InChI is InChI=1S/C10H17NO3/c1-10(2,3)11-6-4-5-7(8(11)12)9(13)14/h7H,4-6H2,1-3H3,(H,13,14)/t7-/m1/s1. The molecule has 0 bridgehead atoms. The van der Waals surface area contributed by atoms with Crippen LogP contribution in [0.1, 0.15) is 33.6 Å². The molecule has 4 heteroatoms. The number of rotatable bonds is 1. The number of carbonyl (C=O) groups excluding carboxylic acids is 1. The minimum Gasteiger partial charge on any atom is -0.481 e. The molecule has 0 aromatic heterocycles. The molecule has 1 aliphatic heterocycles. The summed E-state index contributed by atoms with van der Waals surface area (Å²) in [7, 11) is 0. The third kappa shape index (κ3) is 2.05. The Morgan fingerprint density at radius 3 is 2.50 bits per heavy atom. The number of aliphatic carboxylic acids is 1. The van der Waals surface area contributed by atoms with Crippen molar-refractivity contribution in [3.63, 3.8) is 0 Å². The highest BCUT2D eigenvalue weighted by Crippen LogP contribution is 2.24. The topological polar surface area (TPSA) is 57.6 Å². The first kappa shape index (κ1) is 11.0. The monoisotopic (exact) mass is 199 g/mol. The van der Waals surface area contributed by atoms with E-state index in [1.54, 1.807) is 4.90 Å². The van der Waals surface area contributed by atoms with Crippen molar-refractivity contribution in [3.05, 3.63) is 0 Å². The molecular formula is C10H17NO3. The van der Waals surface area contributed by atoms with E-state index in [1.165, 1.54) is 0 Å². The van der Waals surface area contributed by atoms with E-state index >= 15 is 0 Å². The molecule has 0 aromatic carbocycles. The van der Waals surface area contributed by atoms with Crippen LogP contribution in [0.25, 0.3) is 0 Å². The first-order valence-corrected chi connectivity index (χ1v) is 4.88. The molecule has 0 radical (unpaired) electrons. The lowest BCUT2D eigenvalue weighted by Crippen LogP contribution is -2.52. The van der Waals surface area contributed by atoms with Gasteiger partial charge in [0, 0.05) is 12.1 Å². The molecule has 0 aliphatic carbocycles. The Balaban J connectivity index is 2.82. The normalized spacial score (nSPS) is 23.8. The average Bonchev–Trinajstić information content (AvgIpc) is 2.01. The molecule has 1 atom stereocenters. The predicted molar refractivity (Wildman–Crippen MR) is 51.8 cm³/mol. The van der Waals surface area contributed by atoms with E-state index in [2.05, 4.69) is 0 Å². The van der Waals surface area contributed by atoms with Crippen molar-refractivity contribution >= 4 is 11.9 Å². The molecule has 1 fully saturated rings. The summed E-state index contributed by atoms with van der Waals surface area (Å²) in [5.74, 6) is -2.07. The van der Waals surface area contributed by atoms with Crippen molar-refractivity contribution in [1.82, 2.24) is 4.90 Å². The summed E-state index contributed by atoms with van der Waals surface area (Å²) in [4.78, 5) is 24.2. The van der Waals surface area contributed by atoms with Crippen LogP contribution in [0.2, 0.25) is 0 Å². The Morgan fingerprint density at radius 2 is 2.07 bits per heavy atom. The molecule has 80 valence electrons. The molecule has 1 heterocycles. The number of carbonyl (C=O) groups is 2. The van der Waals surface area contributed by atoms with Gasteiger partial charge in [-0.2, -0.15) is 0 Å². The van der Waals surface area contributed by atoms with Gasteiger partial charge in [-0.15, -0.1) is 0 Å². The second-order valence-corrected chi connectivity index (χ2v) is 4.69. The van der Waals surface area contributed by atoms with E-state index in [1.807, 2.05) is 20.8 Å². The maximum Gasteiger partial charge on any atom is 0.316 e. The highest BCUT2D eigenvalue weighted by atomic mass is 16.4. The van der Waals surface area contributed by atoms with Crippen LogP contribution in [0.3, 0.4) is 0 Å². The van der Waals surface area contributed by atoms with E-state index in [-0.39, 0.29) is 11.4 Å². The molecule has 1 rings (SSSR count). The third-order valence-electron chi connectivity index (χ3n) is 2.55. The molecule has 0 aromatic rings. The first-order chi connectivity index (χ1) is 6.34. The molecule has 0 saturated carbocycles. The Kier molecular flexibility index (Phi) is 2.83. The van der Waals surface area contributed by atoms with Gasteiger partial charge in [0.15, 0.2) is 0 Å². The lowest BCUT2D eigenvalue weighted by atomic mass is 9.93. The number of piperidine rings is 1. The van der Waals surface area contributed by atoms with Crippen molar-refractivity contribution in [1.29, 1.82) is 0 Å². The van der Waals surface area contributed by atoms with Crippen LogP contribution in [-0.4, -0.2) is 34.0 Å². The Morgan fingerprint density at radius 1 is 1.50 bits per heavy atom. The van der Waals surface area contributed by atoms with E-state index in [0.29, 0.717) is 13.0 Å². The molecule has 0 unspecified atom stereocenters. The highest BCUT2D eigenvalue weighted by molar-refractivity contribution is 5.97. The molecule has 0 spiro atoms. The van der Waals surface area contributed by atoms with Gasteiger partial charge in [0.05, 0.1) is 0 Å². The van der Waals surface area contributed by atoms with Gasteiger partial charge < -0.3 is 10.0 Å². The average molecular weight is 199 g/mol. The summed E-state index contributed by atoms with van der Waals surface area (Å²) < 4.78 is 0. The zero-order valence-electron chi connectivity index (χ0n) is 8.91. The minimum absolute atomic E-state index is 0.240. The molecular weight excluding hydrogens is 182 g/mol. The van der Waals surface area contributed by atoms with E-state index < -0.39 is 11.9 Å². The van der Waals surface area contributed by atoms with Gasteiger partial charge >= 0.3 is 5.97 Å². The molecule has 1 aliphatic rings. The van der Waals surface area contributed by atoms with Crippen LogP contribution in [0.4, 0.5) is 0 Å². The number of hydrogen-bond acceptors (Lipinski definition) is 2. The fourth-order valence-electron chi connectivity index (χ4n) is 1.77. The van der Waals surface area contributed by atoms with Crippen molar-refractivity contribution in [2.45, 2.75) is 39.2 Å². The van der Waals surface area contributed by atoms with Gasteiger partial charge in [-0.1, -0.05) is 0 Å². The molecule has 1 N–H and O–H groups in total. The summed E-state index contributed by atoms with van der Waals surface area (Å²) in [6.45, 7) is 6.45. The molecule has 14 heavy (non-hydrogen) atoms. The number of carboxylic acid groups (broad SMARTS) is 1. The van der Waals surface area contributed by atoms with Crippen molar-refractivity contribution in [2.75, 3.05) is 6.54 Å². The Bertz CT molecular complexity index is 255. The number of amides is 1. The van der Waals surface area contributed by atoms with E-state index in [9.17, 15) is 9.59 Å². The summed E-state index contributed by atoms with van der Waals surface area (Å²) in [5, 5.41) is 8.84. The summed E-state index contributed by atoms with van der Waals surface area (Å²) in [6.07, 6.45) is 1.25. The van der Waals surface area contributed by atoms with E-state index in [0.717, 1.165) is 6.42 Å². The van der Waals surface area contributed by atoms with Crippen molar-refractivity contribution < 1.29 is 14.7 Å². The molecule has 1 amide bonds. The van der Waals surface area contributed by atoms with E-state index in [4.69, 9.17) is 5.11 Å². The van der Waals surface area contributed by atoms with Crippen LogP contribution in [0, 0.1) is 5.92 Å². The lowest BCUT2D eigenvalue weighted by molar-refractivity contribution is -0.156. The number of hydrogen-bond donors (Lipinski definition) is 1. The van der Waals surface area contributed by atoms with Crippen LogP contribution >= 0.6 is 0 Å². The second-order valence-electron chi connectivity index (χ2n) is 4.69. The molecule has 1 saturated heterocycles. The predicted octanol–water partition coefficient (Wildman–Crippen LogP) is 1.11. The quantitative estimate of drug-likeness (QED) is 0.643. The summed E-state index contributed by atoms with van der Waals surface area (Å²) in [5.41, 5.74) is -0.273. The van der Waals surface area contributed by atoms with Crippen molar-refractivity contribution in [3.8, 4) is 0 Å². The zero-order chi connectivity index (χ0) is 10.9. The Labute approximate surface area is 83.9 Å². The maximum absolute atomic E-state index is 11.8. The van der Waals surface area contributed by atoms with Gasteiger partial charge in [-0.05, 0) is 33.6 Å². The number of likely N-dealkylation sites (tertiary alicyclic amines) is 1. The third-order valence-corrected chi connectivity index (χ3v) is 2.55. The number of nitrogens with zero attached hydrogens (tertiary/aromatic N) is 1. The van der Waals surface area contributed by atoms with Gasteiger partial charge in [0.1, 0.15) is 5.92 Å². The largest absolute Gasteiger partial charge is 0.481 e. The van der Waals surface area contributed by atoms with Crippen LogP contribution in [0.15, 0.2) is 0 Å². The van der Waals surface area contributed by atoms with Crippen LogP contribution in [0.5, 0.6) is 0 Å². The van der Waals surface area contributed by atoms with Gasteiger partial charge in [0.2, 0.25) is 5.91 Å². The Hall–Kier alpha value is -1.06. The van der Waals surface area contributed by atoms with Gasteiger partial charge in [-0.25, -0.2) is 0 Å². The summed E-state index contributed by atoms with van der Waals surface area (Å²) in [6, 6.07) is 0. The minimum atomic E-state index is -0.996. The fourth-order valence-corrected chi connectivity index (χ4v) is 1.77. The van der Waals surface area contributed by atoms with Gasteiger partial charge in [0.25, 0.3) is 0 Å². The summed E-state index contributed by atoms with van der Waals surface area (Å²) >= 11 is 0. The number of carboxylic acids is 1. The smallest absolute Gasteiger partial charge is 0.316 e. The van der Waals surface area contributed by atoms with Crippen LogP contribution in [-0.2, 0) is 9.59 Å². The van der Waals surface area contributed by atoms with Gasteiger partial charge in [-0.3, -0.25) is 9.59 Å². The SMILES string of the molecule is CC(C)(C)N1CCC[C@@H](C(=O)O)C1=O. The maximum atomic E-state index is 11.8. The van der Waals surface area contributed by atoms with Crippen LogP contribution < -0.4 is 0 Å². The first-order valence-electron chi connectivity index (χ1n) is 4.88.